The van der Waals surface area contributed by atoms with Gasteiger partial charge in [-0.1, -0.05) is 0 Å². The minimum atomic E-state index is -0.231. The normalized spacial score (nSPS) is 27.9. The van der Waals surface area contributed by atoms with Gasteiger partial charge in [0.15, 0.2) is 0 Å². The first kappa shape index (κ1) is 11.6. The number of aryl methyl sites for hydroxylation is 1. The highest BCUT2D eigenvalue weighted by Gasteiger charge is 2.36. The molecule has 0 spiro atoms. The second-order valence-corrected chi connectivity index (χ2v) is 4.67. The Balaban J connectivity index is 2.20. The van der Waals surface area contributed by atoms with Gasteiger partial charge >= 0.3 is 0 Å². The molecule has 1 fully saturated rings. The monoisotopic (exact) mass is 223 g/mol. The van der Waals surface area contributed by atoms with Crippen LogP contribution in [0.15, 0.2) is 12.3 Å². The Kier molecular flexibility index (Phi) is 3.30. The Morgan fingerprint density at radius 2 is 2.44 bits per heavy atom. The second kappa shape index (κ2) is 4.55. The summed E-state index contributed by atoms with van der Waals surface area (Å²) >= 11 is 0. The Morgan fingerprint density at radius 1 is 1.62 bits per heavy atom. The molecule has 2 atom stereocenters. The zero-order chi connectivity index (χ0) is 11.6. The summed E-state index contributed by atoms with van der Waals surface area (Å²) < 4.78 is 7.84. The van der Waals surface area contributed by atoms with E-state index in [0.29, 0.717) is 0 Å². The summed E-state index contributed by atoms with van der Waals surface area (Å²) in [5.74, 6) is 0. The fourth-order valence-corrected chi connectivity index (χ4v) is 2.38. The summed E-state index contributed by atoms with van der Waals surface area (Å²) in [5, 5.41) is 4.26. The molecule has 1 aliphatic heterocycles. The van der Waals surface area contributed by atoms with E-state index in [4.69, 9.17) is 10.5 Å². The third-order valence-electron chi connectivity index (χ3n) is 3.52. The summed E-state index contributed by atoms with van der Waals surface area (Å²) in [6, 6.07) is 1.91. The standard InChI is InChI=1S/C12H21N3O/c1-3-15-10(6-8-14-15)11(13)12(2)7-4-5-9-16-12/h6,8,11H,3-5,7,9,13H2,1-2H3. The molecule has 4 nitrogen and oxygen atoms in total. The molecule has 0 aliphatic carbocycles. The average molecular weight is 223 g/mol. The number of aromatic nitrogens is 2. The fourth-order valence-electron chi connectivity index (χ4n) is 2.38. The lowest BCUT2D eigenvalue weighted by atomic mass is 9.87. The average Bonchev–Trinajstić information content (AvgIpc) is 2.77. The number of hydrogen-bond donors (Lipinski definition) is 1. The maximum absolute atomic E-state index is 6.34. The van der Waals surface area contributed by atoms with Gasteiger partial charge in [0.1, 0.15) is 0 Å². The number of nitrogens with two attached hydrogens (primary N) is 1. The van der Waals surface area contributed by atoms with Gasteiger partial charge in [-0.2, -0.15) is 5.10 Å². The first-order valence-corrected chi connectivity index (χ1v) is 6.08. The van der Waals surface area contributed by atoms with Crippen molar-refractivity contribution in [3.05, 3.63) is 18.0 Å². The van der Waals surface area contributed by atoms with Crippen molar-refractivity contribution in [2.24, 2.45) is 5.73 Å². The van der Waals surface area contributed by atoms with Crippen molar-refractivity contribution in [2.75, 3.05) is 6.61 Å². The molecule has 4 heteroatoms. The molecular formula is C12H21N3O. The molecule has 0 saturated carbocycles. The number of rotatable bonds is 3. The van der Waals surface area contributed by atoms with Crippen LogP contribution in [0.3, 0.4) is 0 Å². The Labute approximate surface area is 96.8 Å². The molecule has 1 aromatic heterocycles. The van der Waals surface area contributed by atoms with Crippen LogP contribution in [0.25, 0.3) is 0 Å². The molecule has 16 heavy (non-hydrogen) atoms. The van der Waals surface area contributed by atoms with Gasteiger partial charge in [0.2, 0.25) is 0 Å². The van der Waals surface area contributed by atoms with Crippen LogP contribution in [0.2, 0.25) is 0 Å². The summed E-state index contributed by atoms with van der Waals surface area (Å²) in [7, 11) is 0. The molecule has 0 aromatic carbocycles. The quantitative estimate of drug-likeness (QED) is 0.851. The maximum Gasteiger partial charge on any atom is 0.0861 e. The van der Waals surface area contributed by atoms with Crippen LogP contribution in [0.5, 0.6) is 0 Å². The smallest absolute Gasteiger partial charge is 0.0861 e. The predicted octanol–water partition coefficient (Wildman–Crippen LogP) is 1.86. The van der Waals surface area contributed by atoms with Gasteiger partial charge in [0, 0.05) is 19.3 Å². The molecule has 0 amide bonds. The van der Waals surface area contributed by atoms with E-state index in [1.54, 1.807) is 0 Å². The lowest BCUT2D eigenvalue weighted by Crippen LogP contribution is -2.44. The molecule has 0 bridgehead atoms. The third kappa shape index (κ3) is 1.99. The summed E-state index contributed by atoms with van der Waals surface area (Å²) in [6.45, 7) is 5.87. The highest BCUT2D eigenvalue weighted by molar-refractivity contribution is 5.12. The summed E-state index contributed by atoms with van der Waals surface area (Å²) in [5.41, 5.74) is 7.18. The number of hydrogen-bond acceptors (Lipinski definition) is 3. The minimum Gasteiger partial charge on any atom is -0.373 e. The largest absolute Gasteiger partial charge is 0.373 e. The molecule has 2 unspecified atom stereocenters. The molecule has 1 aliphatic rings. The van der Waals surface area contributed by atoms with Gasteiger partial charge in [0.25, 0.3) is 0 Å². The van der Waals surface area contributed by atoms with Crippen LogP contribution < -0.4 is 5.73 Å². The molecule has 1 saturated heterocycles. The minimum absolute atomic E-state index is 0.0877. The molecule has 90 valence electrons. The van der Waals surface area contributed by atoms with E-state index < -0.39 is 0 Å². The maximum atomic E-state index is 6.34. The van der Waals surface area contributed by atoms with Crippen molar-refractivity contribution in [3.8, 4) is 0 Å². The molecule has 0 radical (unpaired) electrons. The van der Waals surface area contributed by atoms with Gasteiger partial charge in [-0.05, 0) is 39.2 Å². The first-order chi connectivity index (χ1) is 7.67. The van der Waals surface area contributed by atoms with Gasteiger partial charge in [-0.3, -0.25) is 4.68 Å². The van der Waals surface area contributed by atoms with Crippen molar-refractivity contribution < 1.29 is 4.74 Å². The van der Waals surface area contributed by atoms with E-state index in [2.05, 4.69) is 18.9 Å². The van der Waals surface area contributed by atoms with Crippen molar-refractivity contribution in [3.63, 3.8) is 0 Å². The number of nitrogens with zero attached hydrogens (tertiary/aromatic N) is 2. The highest BCUT2D eigenvalue weighted by Crippen LogP contribution is 2.34. The second-order valence-electron chi connectivity index (χ2n) is 4.67. The van der Waals surface area contributed by atoms with Gasteiger partial charge in [-0.15, -0.1) is 0 Å². The van der Waals surface area contributed by atoms with E-state index in [-0.39, 0.29) is 11.6 Å². The van der Waals surface area contributed by atoms with Crippen LogP contribution >= 0.6 is 0 Å². The molecule has 1 aromatic rings. The third-order valence-corrected chi connectivity index (χ3v) is 3.52. The van der Waals surface area contributed by atoms with Crippen LogP contribution in [-0.4, -0.2) is 22.0 Å². The summed E-state index contributed by atoms with van der Waals surface area (Å²) in [6.07, 6.45) is 5.19. The SMILES string of the molecule is CCn1nccc1C(N)C1(C)CCCCO1. The lowest BCUT2D eigenvalue weighted by Gasteiger charge is -2.38. The predicted molar refractivity (Wildman–Crippen MR) is 63.0 cm³/mol. The topological polar surface area (TPSA) is 53.1 Å². The van der Waals surface area contributed by atoms with Crippen LogP contribution in [-0.2, 0) is 11.3 Å². The first-order valence-electron chi connectivity index (χ1n) is 6.08. The fraction of sp³-hybridized carbons (Fsp3) is 0.750. The van der Waals surface area contributed by atoms with Gasteiger partial charge in [0.05, 0.1) is 17.3 Å². The highest BCUT2D eigenvalue weighted by atomic mass is 16.5. The number of ether oxygens (including phenoxy) is 1. The molecule has 2 N–H and O–H groups in total. The van der Waals surface area contributed by atoms with Crippen LogP contribution in [0, 0.1) is 0 Å². The van der Waals surface area contributed by atoms with Crippen LogP contribution in [0.1, 0.15) is 44.8 Å². The van der Waals surface area contributed by atoms with E-state index in [0.717, 1.165) is 31.7 Å². The van der Waals surface area contributed by atoms with Gasteiger partial charge in [-0.25, -0.2) is 0 Å². The van der Waals surface area contributed by atoms with E-state index in [1.807, 2.05) is 16.9 Å². The molecule has 2 rings (SSSR count). The van der Waals surface area contributed by atoms with Gasteiger partial charge < -0.3 is 10.5 Å². The lowest BCUT2D eigenvalue weighted by molar-refractivity contribution is -0.0834. The van der Waals surface area contributed by atoms with E-state index in [1.165, 1.54) is 6.42 Å². The van der Waals surface area contributed by atoms with Crippen molar-refractivity contribution >= 4 is 0 Å². The zero-order valence-electron chi connectivity index (χ0n) is 10.1. The molecular weight excluding hydrogens is 202 g/mol. The van der Waals surface area contributed by atoms with Crippen molar-refractivity contribution in [2.45, 2.75) is 51.3 Å². The van der Waals surface area contributed by atoms with Crippen molar-refractivity contribution in [1.29, 1.82) is 0 Å². The van der Waals surface area contributed by atoms with Crippen molar-refractivity contribution in [1.82, 2.24) is 9.78 Å². The van der Waals surface area contributed by atoms with E-state index in [9.17, 15) is 0 Å². The molecule has 2 heterocycles. The Hall–Kier alpha value is -0.870. The summed E-state index contributed by atoms with van der Waals surface area (Å²) in [4.78, 5) is 0. The van der Waals surface area contributed by atoms with E-state index >= 15 is 0 Å². The Bertz CT molecular complexity index is 342. The Morgan fingerprint density at radius 3 is 3.06 bits per heavy atom. The van der Waals surface area contributed by atoms with Crippen LogP contribution in [0.4, 0.5) is 0 Å². The zero-order valence-corrected chi connectivity index (χ0v) is 10.1.